The van der Waals surface area contributed by atoms with Gasteiger partial charge in [-0.2, -0.15) is 4.39 Å². The normalized spacial score (nSPS) is 11.3. The van der Waals surface area contributed by atoms with Gasteiger partial charge in [0.25, 0.3) is 0 Å². The molecule has 0 aliphatic heterocycles. The van der Waals surface area contributed by atoms with Gasteiger partial charge in [0.2, 0.25) is 5.95 Å². The van der Waals surface area contributed by atoms with Crippen molar-refractivity contribution in [1.29, 1.82) is 0 Å². The van der Waals surface area contributed by atoms with Crippen LogP contribution in [0.2, 0.25) is 0 Å². The van der Waals surface area contributed by atoms with Crippen molar-refractivity contribution in [1.82, 2.24) is 9.97 Å². The quantitative estimate of drug-likeness (QED) is 0.848. The number of rotatable bonds is 2. The second-order valence-electron chi connectivity index (χ2n) is 5.40. The molecule has 0 fully saturated rings. The first kappa shape index (κ1) is 15.4. The molecule has 1 amide bonds. The highest BCUT2D eigenvalue weighted by molar-refractivity contribution is 7.19. The van der Waals surface area contributed by atoms with Crippen LogP contribution in [-0.4, -0.2) is 28.7 Å². The Morgan fingerprint density at radius 3 is 2.71 bits per heavy atom. The summed E-state index contributed by atoms with van der Waals surface area (Å²) < 4.78 is 19.2. The van der Waals surface area contributed by atoms with E-state index in [4.69, 9.17) is 4.74 Å². The van der Waals surface area contributed by atoms with Gasteiger partial charge in [0.1, 0.15) is 10.6 Å². The van der Waals surface area contributed by atoms with Gasteiger partial charge in [-0.15, -0.1) is 0 Å². The number of thiazole rings is 1. The number of amides is 1. The van der Waals surface area contributed by atoms with E-state index in [1.807, 2.05) is 0 Å². The average molecular weight is 309 g/mol. The van der Waals surface area contributed by atoms with Gasteiger partial charge >= 0.3 is 6.09 Å². The first-order valence-corrected chi connectivity index (χ1v) is 7.13. The summed E-state index contributed by atoms with van der Waals surface area (Å²) >= 11 is 1.07. The zero-order chi connectivity index (χ0) is 15.6. The zero-order valence-electron chi connectivity index (χ0n) is 12.3. The lowest BCUT2D eigenvalue weighted by Gasteiger charge is -2.23. The molecule has 0 saturated carbocycles. The molecule has 0 spiro atoms. The first-order chi connectivity index (χ1) is 9.78. The first-order valence-electron chi connectivity index (χ1n) is 6.31. The van der Waals surface area contributed by atoms with Crippen LogP contribution in [0.5, 0.6) is 0 Å². The Bertz CT molecular complexity index is 637. The Morgan fingerprint density at radius 2 is 2.14 bits per heavy atom. The lowest BCUT2D eigenvalue weighted by atomic mass is 10.2. The summed E-state index contributed by atoms with van der Waals surface area (Å²) in [6, 6.07) is 3.52. The van der Waals surface area contributed by atoms with E-state index in [0.29, 0.717) is 10.6 Å². The van der Waals surface area contributed by atoms with Crippen molar-refractivity contribution < 1.29 is 13.9 Å². The average Bonchev–Trinajstić information content (AvgIpc) is 2.79. The summed E-state index contributed by atoms with van der Waals surface area (Å²) in [6.45, 7) is 5.26. The second kappa shape index (κ2) is 5.77. The maximum absolute atomic E-state index is 14.0. The minimum atomic E-state index is -0.702. The summed E-state index contributed by atoms with van der Waals surface area (Å²) in [5.41, 5.74) is 0.0591. The molecule has 0 N–H and O–H groups in total. The van der Waals surface area contributed by atoms with E-state index in [9.17, 15) is 9.18 Å². The molecule has 2 aromatic heterocycles. The predicted molar refractivity (Wildman–Crippen MR) is 79.9 cm³/mol. The highest BCUT2D eigenvalue weighted by Gasteiger charge is 2.25. The molecule has 0 aliphatic rings. The van der Waals surface area contributed by atoms with Gasteiger partial charge in [-0.1, -0.05) is 11.3 Å². The maximum atomic E-state index is 14.0. The predicted octanol–water partition coefficient (Wildman–Crippen LogP) is 3.72. The minimum Gasteiger partial charge on any atom is -0.443 e. The summed E-state index contributed by atoms with van der Waals surface area (Å²) in [4.78, 5) is 20.9. The van der Waals surface area contributed by atoms with Crippen LogP contribution in [0.3, 0.4) is 0 Å². The second-order valence-corrected chi connectivity index (χ2v) is 6.37. The van der Waals surface area contributed by atoms with Gasteiger partial charge in [-0.25, -0.2) is 9.78 Å². The number of aromatic nitrogens is 2. The Hall–Kier alpha value is -2.02. The summed E-state index contributed by atoms with van der Waals surface area (Å²) in [6.07, 6.45) is 2.60. The van der Waals surface area contributed by atoms with E-state index in [-0.39, 0.29) is 5.00 Å². The number of carbonyl (C=O) groups excluding carboxylic acids is 1. The van der Waals surface area contributed by atoms with Crippen molar-refractivity contribution >= 4 is 22.4 Å². The van der Waals surface area contributed by atoms with Crippen LogP contribution < -0.4 is 4.90 Å². The van der Waals surface area contributed by atoms with Gasteiger partial charge in [0.05, 0.1) is 0 Å². The van der Waals surface area contributed by atoms with Gasteiger partial charge in [0, 0.05) is 25.0 Å². The zero-order valence-corrected chi connectivity index (χ0v) is 13.1. The SMILES string of the molecule is CN(C(=O)OC(C)(C)C)c1sc(-c2cccnc2)nc1F. The molecular formula is C14H16FN3O2S. The fourth-order valence-corrected chi connectivity index (χ4v) is 2.42. The van der Waals surface area contributed by atoms with Crippen molar-refractivity contribution in [2.75, 3.05) is 11.9 Å². The number of nitrogens with zero attached hydrogens (tertiary/aromatic N) is 3. The number of halogens is 1. The number of ether oxygens (including phenoxy) is 1. The Morgan fingerprint density at radius 1 is 1.43 bits per heavy atom. The van der Waals surface area contributed by atoms with Crippen LogP contribution in [0.1, 0.15) is 20.8 Å². The van der Waals surface area contributed by atoms with Crippen molar-refractivity contribution in [3.05, 3.63) is 30.5 Å². The number of pyridine rings is 1. The summed E-state index contributed by atoms with van der Waals surface area (Å²) in [5, 5.41) is 0.578. The molecule has 0 aliphatic carbocycles. The monoisotopic (exact) mass is 309 g/mol. The lowest BCUT2D eigenvalue weighted by molar-refractivity contribution is 0.0589. The number of anilines is 1. The van der Waals surface area contributed by atoms with Crippen molar-refractivity contribution in [2.45, 2.75) is 26.4 Å². The molecule has 2 aromatic rings. The van der Waals surface area contributed by atoms with E-state index in [2.05, 4.69) is 9.97 Å². The van der Waals surface area contributed by atoms with Crippen LogP contribution in [0.4, 0.5) is 14.2 Å². The Labute approximate surface area is 126 Å². The minimum absolute atomic E-state index is 0.114. The molecule has 0 aromatic carbocycles. The fraction of sp³-hybridized carbons (Fsp3) is 0.357. The van der Waals surface area contributed by atoms with Crippen molar-refractivity contribution in [3.8, 4) is 10.6 Å². The van der Waals surface area contributed by atoms with E-state index in [1.54, 1.807) is 45.3 Å². The number of hydrogen-bond donors (Lipinski definition) is 0. The smallest absolute Gasteiger partial charge is 0.415 e. The molecule has 0 radical (unpaired) electrons. The molecule has 112 valence electrons. The molecule has 0 atom stereocenters. The van der Waals surface area contributed by atoms with E-state index < -0.39 is 17.6 Å². The van der Waals surface area contributed by atoms with Gasteiger partial charge in [-0.3, -0.25) is 9.88 Å². The Kier molecular flexibility index (Phi) is 4.22. The highest BCUT2D eigenvalue weighted by atomic mass is 32.1. The van der Waals surface area contributed by atoms with Crippen molar-refractivity contribution in [2.24, 2.45) is 0 Å². The highest BCUT2D eigenvalue weighted by Crippen LogP contribution is 2.33. The third kappa shape index (κ3) is 3.75. The van der Waals surface area contributed by atoms with Crippen LogP contribution in [0.25, 0.3) is 10.6 Å². The van der Waals surface area contributed by atoms with Crippen LogP contribution in [0.15, 0.2) is 24.5 Å². The van der Waals surface area contributed by atoms with Crippen molar-refractivity contribution in [3.63, 3.8) is 0 Å². The largest absolute Gasteiger partial charge is 0.443 e. The van der Waals surface area contributed by atoms with Crippen LogP contribution in [-0.2, 0) is 4.74 Å². The summed E-state index contributed by atoms with van der Waals surface area (Å²) in [5.74, 6) is -0.702. The fourth-order valence-electron chi connectivity index (χ4n) is 1.53. The van der Waals surface area contributed by atoms with Gasteiger partial charge in [0.15, 0.2) is 5.00 Å². The molecule has 5 nitrogen and oxygen atoms in total. The molecule has 2 heterocycles. The van der Waals surface area contributed by atoms with E-state index >= 15 is 0 Å². The molecule has 2 rings (SSSR count). The molecule has 0 unspecified atom stereocenters. The van der Waals surface area contributed by atoms with Gasteiger partial charge in [-0.05, 0) is 32.9 Å². The number of carbonyl (C=O) groups is 1. The lowest BCUT2D eigenvalue weighted by Crippen LogP contribution is -2.34. The van der Waals surface area contributed by atoms with E-state index in [0.717, 1.165) is 16.2 Å². The molecular weight excluding hydrogens is 293 g/mol. The third-order valence-corrected chi connectivity index (χ3v) is 3.61. The third-order valence-electron chi connectivity index (χ3n) is 2.45. The molecule has 7 heteroatoms. The molecule has 0 saturated heterocycles. The molecule has 0 bridgehead atoms. The number of hydrogen-bond acceptors (Lipinski definition) is 5. The van der Waals surface area contributed by atoms with Gasteiger partial charge < -0.3 is 4.74 Å². The van der Waals surface area contributed by atoms with Crippen LogP contribution in [0, 0.1) is 5.95 Å². The Balaban J connectivity index is 2.25. The van der Waals surface area contributed by atoms with E-state index in [1.165, 1.54) is 7.05 Å². The maximum Gasteiger partial charge on any atom is 0.415 e. The van der Waals surface area contributed by atoms with Crippen LogP contribution >= 0.6 is 11.3 Å². The standard InChI is InChI=1S/C14H16FN3O2S/c1-14(2,3)20-13(19)18(4)12-10(15)17-11(21-12)9-6-5-7-16-8-9/h5-8H,1-4H3. The molecule has 21 heavy (non-hydrogen) atoms. The summed E-state index contributed by atoms with van der Waals surface area (Å²) in [7, 11) is 1.46. The topological polar surface area (TPSA) is 55.3 Å².